The summed E-state index contributed by atoms with van der Waals surface area (Å²) in [6.07, 6.45) is 0.662. The number of nitrogens with two attached hydrogens (primary N) is 1. The molecule has 0 fully saturated rings. The molecule has 0 unspecified atom stereocenters. The number of hydrogen-bond acceptors (Lipinski definition) is 4. The van der Waals surface area contributed by atoms with E-state index in [0.29, 0.717) is 26.1 Å². The number of likely N-dealkylation sites (N-methyl/N-ethyl adjacent to an activating group) is 1. The number of nitrogen functional groups attached to an aromatic ring is 1. The van der Waals surface area contributed by atoms with Crippen LogP contribution in [0.1, 0.15) is 18.9 Å². The smallest absolute Gasteiger partial charge is 0.246 e. The van der Waals surface area contributed by atoms with E-state index in [0.717, 1.165) is 0 Å². The van der Waals surface area contributed by atoms with E-state index in [-0.39, 0.29) is 16.1 Å². The van der Waals surface area contributed by atoms with Gasteiger partial charge in [-0.2, -0.15) is 4.31 Å². The molecule has 0 amide bonds. The molecule has 0 atom stereocenters. The fourth-order valence-corrected chi connectivity index (χ4v) is 3.70. The van der Waals surface area contributed by atoms with E-state index < -0.39 is 15.8 Å². The number of nitrogens with zero attached hydrogens (tertiary/aromatic N) is 2. The predicted octanol–water partition coefficient (Wildman–Crippen LogP) is 1.68. The van der Waals surface area contributed by atoms with Crippen LogP contribution in [0.5, 0.6) is 0 Å². The zero-order chi connectivity index (χ0) is 16.2. The molecule has 2 N–H and O–H groups in total. The summed E-state index contributed by atoms with van der Waals surface area (Å²) in [5.74, 6) is -0.727. The van der Waals surface area contributed by atoms with Crippen LogP contribution in [0.3, 0.4) is 0 Å². The van der Waals surface area contributed by atoms with E-state index in [1.165, 1.54) is 23.4 Å². The fraction of sp³-hybridized carbons (Fsp3) is 0.571. The lowest BCUT2D eigenvalue weighted by Crippen LogP contribution is -2.37. The van der Waals surface area contributed by atoms with E-state index in [2.05, 4.69) is 0 Å². The Hall–Kier alpha value is -1.18. The molecule has 0 saturated carbocycles. The Morgan fingerprint density at radius 2 is 1.81 bits per heavy atom. The van der Waals surface area contributed by atoms with Crippen LogP contribution in [0, 0.1) is 12.7 Å². The summed E-state index contributed by atoms with van der Waals surface area (Å²) < 4.78 is 40.9. The SMILES string of the molecule is CCCN(CCN(C)C)S(=O)(=O)c1cc(N)cc(C)c1F. The van der Waals surface area contributed by atoms with E-state index in [1.54, 1.807) is 0 Å². The second-order valence-electron chi connectivity index (χ2n) is 5.36. The molecular weight excluding hydrogens is 293 g/mol. The van der Waals surface area contributed by atoms with Crippen LogP contribution in [0.4, 0.5) is 10.1 Å². The summed E-state index contributed by atoms with van der Waals surface area (Å²) in [7, 11) is -0.157. The molecule has 1 rings (SSSR count). The predicted molar refractivity (Wildman–Crippen MR) is 83.2 cm³/mol. The second kappa shape index (κ2) is 7.20. The molecular formula is C14H24FN3O2S. The first-order valence-electron chi connectivity index (χ1n) is 6.90. The summed E-state index contributed by atoms with van der Waals surface area (Å²) in [6, 6.07) is 2.62. The van der Waals surface area contributed by atoms with Crippen molar-refractivity contribution >= 4 is 15.7 Å². The minimum absolute atomic E-state index is 0.234. The van der Waals surface area contributed by atoms with Gasteiger partial charge in [-0.05, 0) is 45.1 Å². The van der Waals surface area contributed by atoms with Gasteiger partial charge in [0, 0.05) is 25.3 Å². The standard InChI is InChI=1S/C14H24FN3O2S/c1-5-6-18(8-7-17(3)4)21(19,20)13-10-12(16)9-11(2)14(13)15/h9-10H,5-8,16H2,1-4H3. The lowest BCUT2D eigenvalue weighted by Gasteiger charge is -2.24. The van der Waals surface area contributed by atoms with Gasteiger partial charge < -0.3 is 10.6 Å². The molecule has 0 saturated heterocycles. The van der Waals surface area contributed by atoms with Crippen molar-refractivity contribution in [3.63, 3.8) is 0 Å². The number of benzene rings is 1. The van der Waals surface area contributed by atoms with Crippen molar-refractivity contribution in [2.75, 3.05) is 39.5 Å². The number of sulfonamides is 1. The second-order valence-corrected chi connectivity index (χ2v) is 7.26. The number of aryl methyl sites for hydroxylation is 1. The normalized spacial score (nSPS) is 12.3. The van der Waals surface area contributed by atoms with Crippen LogP contribution < -0.4 is 5.73 Å². The Morgan fingerprint density at radius 1 is 1.19 bits per heavy atom. The van der Waals surface area contributed by atoms with Gasteiger partial charge in [-0.3, -0.25) is 0 Å². The van der Waals surface area contributed by atoms with Crippen LogP contribution in [-0.2, 0) is 10.0 Å². The Morgan fingerprint density at radius 3 is 2.33 bits per heavy atom. The monoisotopic (exact) mass is 317 g/mol. The molecule has 0 aliphatic heterocycles. The molecule has 0 heterocycles. The van der Waals surface area contributed by atoms with E-state index >= 15 is 0 Å². The minimum Gasteiger partial charge on any atom is -0.399 e. The Balaban J connectivity index is 3.22. The van der Waals surface area contributed by atoms with Crippen LogP contribution in [0.25, 0.3) is 0 Å². The lowest BCUT2D eigenvalue weighted by molar-refractivity contribution is 0.332. The highest BCUT2D eigenvalue weighted by Gasteiger charge is 2.28. The summed E-state index contributed by atoms with van der Waals surface area (Å²) in [5.41, 5.74) is 6.14. The summed E-state index contributed by atoms with van der Waals surface area (Å²) >= 11 is 0. The van der Waals surface area contributed by atoms with Crippen LogP contribution in [-0.4, -0.2) is 51.4 Å². The molecule has 0 aromatic heterocycles. The van der Waals surface area contributed by atoms with Gasteiger partial charge in [-0.1, -0.05) is 6.92 Å². The molecule has 7 heteroatoms. The van der Waals surface area contributed by atoms with Crippen LogP contribution in [0.15, 0.2) is 17.0 Å². The first kappa shape index (κ1) is 17.9. The molecule has 1 aromatic carbocycles. The first-order valence-corrected chi connectivity index (χ1v) is 8.34. The summed E-state index contributed by atoms with van der Waals surface area (Å²) in [5, 5.41) is 0. The number of rotatable bonds is 7. The van der Waals surface area contributed by atoms with Gasteiger partial charge in [-0.25, -0.2) is 12.8 Å². The number of hydrogen-bond donors (Lipinski definition) is 1. The maximum Gasteiger partial charge on any atom is 0.246 e. The molecule has 120 valence electrons. The Bertz CT molecular complexity index is 588. The van der Waals surface area contributed by atoms with Crippen molar-refractivity contribution in [3.05, 3.63) is 23.5 Å². The van der Waals surface area contributed by atoms with Crippen molar-refractivity contribution in [1.82, 2.24) is 9.21 Å². The summed E-state index contributed by atoms with van der Waals surface area (Å²) in [6.45, 7) is 4.63. The van der Waals surface area contributed by atoms with Gasteiger partial charge in [0.05, 0.1) is 0 Å². The highest BCUT2D eigenvalue weighted by atomic mass is 32.2. The van der Waals surface area contributed by atoms with Gasteiger partial charge >= 0.3 is 0 Å². The molecule has 0 aliphatic carbocycles. The van der Waals surface area contributed by atoms with Crippen molar-refractivity contribution in [3.8, 4) is 0 Å². The maximum atomic E-state index is 14.2. The molecule has 0 spiro atoms. The highest BCUT2D eigenvalue weighted by Crippen LogP contribution is 2.24. The molecule has 0 bridgehead atoms. The van der Waals surface area contributed by atoms with Crippen LogP contribution in [0.2, 0.25) is 0 Å². The molecule has 0 aliphatic rings. The summed E-state index contributed by atoms with van der Waals surface area (Å²) in [4.78, 5) is 1.55. The van der Waals surface area contributed by atoms with Crippen molar-refractivity contribution < 1.29 is 12.8 Å². The van der Waals surface area contributed by atoms with E-state index in [1.807, 2.05) is 25.9 Å². The van der Waals surface area contributed by atoms with Gasteiger partial charge in [-0.15, -0.1) is 0 Å². The minimum atomic E-state index is -3.88. The van der Waals surface area contributed by atoms with Crippen molar-refractivity contribution in [2.45, 2.75) is 25.2 Å². The molecule has 1 aromatic rings. The van der Waals surface area contributed by atoms with E-state index in [9.17, 15) is 12.8 Å². The lowest BCUT2D eigenvalue weighted by atomic mass is 10.2. The Labute approximate surface area is 126 Å². The van der Waals surface area contributed by atoms with Crippen LogP contribution >= 0.6 is 0 Å². The third kappa shape index (κ3) is 4.39. The molecule has 5 nitrogen and oxygen atoms in total. The van der Waals surface area contributed by atoms with Gasteiger partial charge in [0.2, 0.25) is 10.0 Å². The topological polar surface area (TPSA) is 66.6 Å². The molecule has 21 heavy (non-hydrogen) atoms. The largest absolute Gasteiger partial charge is 0.399 e. The fourth-order valence-electron chi connectivity index (χ4n) is 2.00. The number of halogens is 1. The first-order chi connectivity index (χ1) is 9.70. The van der Waals surface area contributed by atoms with Gasteiger partial charge in [0.1, 0.15) is 10.7 Å². The Kier molecular flexibility index (Phi) is 6.12. The average Bonchev–Trinajstić information content (AvgIpc) is 2.38. The zero-order valence-corrected chi connectivity index (χ0v) is 13.9. The zero-order valence-electron chi connectivity index (χ0n) is 13.1. The number of anilines is 1. The van der Waals surface area contributed by atoms with Crippen molar-refractivity contribution in [1.29, 1.82) is 0 Å². The van der Waals surface area contributed by atoms with Crippen molar-refractivity contribution in [2.24, 2.45) is 0 Å². The van der Waals surface area contributed by atoms with E-state index in [4.69, 9.17) is 5.73 Å². The molecule has 0 radical (unpaired) electrons. The van der Waals surface area contributed by atoms with Gasteiger partial charge in [0.15, 0.2) is 0 Å². The third-order valence-corrected chi connectivity index (χ3v) is 5.03. The average molecular weight is 317 g/mol. The highest BCUT2D eigenvalue weighted by molar-refractivity contribution is 7.89. The quantitative estimate of drug-likeness (QED) is 0.777. The third-order valence-electron chi connectivity index (χ3n) is 3.13. The van der Waals surface area contributed by atoms with Gasteiger partial charge in [0.25, 0.3) is 0 Å². The maximum absolute atomic E-state index is 14.2.